The van der Waals surface area contributed by atoms with Crippen LogP contribution in [0.4, 0.5) is 13.2 Å². The molecule has 1 aliphatic heterocycles. The highest BCUT2D eigenvalue weighted by atomic mass is 32.2. The predicted octanol–water partition coefficient (Wildman–Crippen LogP) is 2.25. The van der Waals surface area contributed by atoms with Gasteiger partial charge in [0.25, 0.3) is 10.0 Å². The number of nitrogens with zero attached hydrogens (tertiary/aromatic N) is 5. The molecule has 0 spiro atoms. The molecular weight excluding hydrogens is 399 g/mol. The summed E-state index contributed by atoms with van der Waals surface area (Å²) in [6, 6.07) is 0.321. The minimum atomic E-state index is -4.61. The van der Waals surface area contributed by atoms with Crippen LogP contribution in [0.25, 0.3) is 0 Å². The summed E-state index contributed by atoms with van der Waals surface area (Å²) >= 11 is 0. The fourth-order valence-electron chi connectivity index (χ4n) is 2.98. The number of hydrogen-bond donors (Lipinski definition) is 0. The second kappa shape index (κ2) is 7.66. The minimum absolute atomic E-state index is 0.0139. The van der Waals surface area contributed by atoms with E-state index in [9.17, 15) is 21.6 Å². The molecule has 1 atom stereocenters. The molecule has 1 saturated heterocycles. The highest BCUT2D eigenvalue weighted by molar-refractivity contribution is 7.89. The third kappa shape index (κ3) is 4.27. The second-order valence-corrected chi connectivity index (χ2v) is 8.26. The van der Waals surface area contributed by atoms with Crippen LogP contribution in [0.15, 0.2) is 23.5 Å². The number of ether oxygens (including phenoxy) is 1. The SMILES string of the molecule is CCn1cc(S(=O)(=O)N2CCCC(Oc3nccc(C(F)(F)F)n3)C2)nc1C. The average molecular weight is 419 g/mol. The van der Waals surface area contributed by atoms with E-state index in [1.807, 2.05) is 6.92 Å². The lowest BCUT2D eigenvalue weighted by molar-refractivity contribution is -0.141. The van der Waals surface area contributed by atoms with E-state index in [0.29, 0.717) is 25.2 Å². The number of piperidine rings is 1. The average Bonchev–Trinajstić information content (AvgIpc) is 3.03. The zero-order valence-corrected chi connectivity index (χ0v) is 16.2. The highest BCUT2D eigenvalue weighted by Crippen LogP contribution is 2.28. The molecule has 0 saturated carbocycles. The van der Waals surface area contributed by atoms with Crippen LogP contribution in [0.5, 0.6) is 6.01 Å². The first kappa shape index (κ1) is 20.5. The van der Waals surface area contributed by atoms with Crippen LogP contribution in [0.1, 0.15) is 31.3 Å². The number of aryl methyl sites for hydroxylation is 2. The lowest BCUT2D eigenvalue weighted by Crippen LogP contribution is -2.44. The number of sulfonamides is 1. The Morgan fingerprint density at radius 2 is 2.07 bits per heavy atom. The standard InChI is InChI=1S/C16H20F3N5O3S/c1-3-23-10-14(21-11(23)2)28(25,26)24-8-4-5-12(9-24)27-15-20-7-6-13(22-15)16(17,18)19/h6-7,10,12H,3-5,8-9H2,1-2H3. The lowest BCUT2D eigenvalue weighted by atomic mass is 10.1. The van der Waals surface area contributed by atoms with Crippen molar-refractivity contribution >= 4 is 10.0 Å². The van der Waals surface area contributed by atoms with Gasteiger partial charge in [-0.15, -0.1) is 0 Å². The van der Waals surface area contributed by atoms with E-state index in [4.69, 9.17) is 4.74 Å². The Balaban J connectivity index is 1.75. The van der Waals surface area contributed by atoms with Crippen molar-refractivity contribution in [3.63, 3.8) is 0 Å². The molecule has 0 aliphatic carbocycles. The fraction of sp³-hybridized carbons (Fsp3) is 0.562. The van der Waals surface area contributed by atoms with Gasteiger partial charge < -0.3 is 9.30 Å². The summed E-state index contributed by atoms with van der Waals surface area (Å²) in [5.74, 6) is 0.586. The number of aromatic nitrogens is 4. The second-order valence-electron chi connectivity index (χ2n) is 6.38. The zero-order valence-electron chi connectivity index (χ0n) is 15.3. The molecule has 2 aromatic rings. The Bertz CT molecular complexity index is 945. The molecule has 2 aromatic heterocycles. The molecule has 1 aliphatic rings. The Morgan fingerprint density at radius 1 is 1.32 bits per heavy atom. The number of halogens is 3. The summed E-state index contributed by atoms with van der Waals surface area (Å²) in [6.45, 7) is 4.46. The van der Waals surface area contributed by atoms with Crippen LogP contribution in [0.3, 0.4) is 0 Å². The molecule has 0 aromatic carbocycles. The summed E-state index contributed by atoms with van der Waals surface area (Å²) < 4.78 is 72.5. The molecule has 3 heterocycles. The Hall–Kier alpha value is -2.21. The maximum atomic E-state index is 12.9. The van der Waals surface area contributed by atoms with Crippen LogP contribution in [0, 0.1) is 6.92 Å². The van der Waals surface area contributed by atoms with Gasteiger partial charge in [-0.2, -0.15) is 22.5 Å². The van der Waals surface area contributed by atoms with Crippen molar-refractivity contribution in [2.24, 2.45) is 0 Å². The topological polar surface area (TPSA) is 90.2 Å². The van der Waals surface area contributed by atoms with E-state index < -0.39 is 34.0 Å². The summed E-state index contributed by atoms with van der Waals surface area (Å²) in [7, 11) is -3.83. The van der Waals surface area contributed by atoms with Crippen LogP contribution in [-0.2, 0) is 22.7 Å². The molecule has 0 amide bonds. The van der Waals surface area contributed by atoms with E-state index in [0.717, 1.165) is 12.3 Å². The molecule has 28 heavy (non-hydrogen) atoms. The van der Waals surface area contributed by atoms with Gasteiger partial charge in [0.1, 0.15) is 11.9 Å². The van der Waals surface area contributed by atoms with Gasteiger partial charge in [-0.25, -0.2) is 18.4 Å². The number of rotatable bonds is 5. The van der Waals surface area contributed by atoms with Gasteiger partial charge in [0.05, 0.1) is 6.54 Å². The highest BCUT2D eigenvalue weighted by Gasteiger charge is 2.35. The summed E-state index contributed by atoms with van der Waals surface area (Å²) in [6.07, 6.45) is -1.85. The van der Waals surface area contributed by atoms with Crippen LogP contribution in [0.2, 0.25) is 0 Å². The molecule has 1 unspecified atom stereocenters. The molecule has 0 radical (unpaired) electrons. The van der Waals surface area contributed by atoms with Crippen molar-refractivity contribution in [3.8, 4) is 6.01 Å². The molecule has 0 N–H and O–H groups in total. The van der Waals surface area contributed by atoms with Crippen molar-refractivity contribution in [3.05, 3.63) is 30.0 Å². The number of imidazole rings is 1. The van der Waals surface area contributed by atoms with Crippen molar-refractivity contribution in [2.45, 2.75) is 50.5 Å². The molecule has 8 nitrogen and oxygen atoms in total. The first-order chi connectivity index (χ1) is 13.1. The van der Waals surface area contributed by atoms with Gasteiger partial charge in [-0.1, -0.05) is 0 Å². The van der Waals surface area contributed by atoms with Crippen LogP contribution in [-0.4, -0.2) is 51.4 Å². The third-order valence-electron chi connectivity index (χ3n) is 4.44. The minimum Gasteiger partial charge on any atom is -0.459 e. The molecule has 0 bridgehead atoms. The lowest BCUT2D eigenvalue weighted by Gasteiger charge is -2.31. The Kier molecular flexibility index (Phi) is 5.62. The van der Waals surface area contributed by atoms with E-state index in [1.54, 1.807) is 11.5 Å². The summed E-state index contributed by atoms with van der Waals surface area (Å²) in [5, 5.41) is -0.0529. The van der Waals surface area contributed by atoms with E-state index in [-0.39, 0.29) is 18.1 Å². The molecule has 1 fully saturated rings. The van der Waals surface area contributed by atoms with Crippen molar-refractivity contribution in [1.82, 2.24) is 23.8 Å². The molecule has 12 heteroatoms. The normalized spacial score (nSPS) is 19.0. The number of hydrogen-bond acceptors (Lipinski definition) is 6. The maximum Gasteiger partial charge on any atom is 0.433 e. The zero-order chi connectivity index (χ0) is 20.5. The summed E-state index contributed by atoms with van der Waals surface area (Å²) in [4.78, 5) is 11.2. The maximum absolute atomic E-state index is 12.9. The van der Waals surface area contributed by atoms with E-state index in [2.05, 4.69) is 15.0 Å². The third-order valence-corrected chi connectivity index (χ3v) is 6.17. The van der Waals surface area contributed by atoms with Crippen LogP contribution >= 0.6 is 0 Å². The van der Waals surface area contributed by atoms with Crippen LogP contribution < -0.4 is 4.74 Å². The van der Waals surface area contributed by atoms with Gasteiger partial charge in [-0.05, 0) is 32.8 Å². The molecular formula is C16H20F3N5O3S. The first-order valence-corrected chi connectivity index (χ1v) is 10.2. The summed E-state index contributed by atoms with van der Waals surface area (Å²) in [5.41, 5.74) is -1.11. The van der Waals surface area contributed by atoms with Gasteiger partial charge in [0.15, 0.2) is 10.7 Å². The Morgan fingerprint density at radius 3 is 2.71 bits per heavy atom. The molecule has 3 rings (SSSR count). The first-order valence-electron chi connectivity index (χ1n) is 8.72. The number of alkyl halides is 3. The largest absolute Gasteiger partial charge is 0.459 e. The monoisotopic (exact) mass is 419 g/mol. The quantitative estimate of drug-likeness (QED) is 0.739. The van der Waals surface area contributed by atoms with Crippen molar-refractivity contribution in [2.75, 3.05) is 13.1 Å². The van der Waals surface area contributed by atoms with E-state index in [1.165, 1.54) is 10.5 Å². The Labute approximate surface area is 160 Å². The molecule has 154 valence electrons. The van der Waals surface area contributed by atoms with Gasteiger partial charge in [0, 0.05) is 25.5 Å². The van der Waals surface area contributed by atoms with Gasteiger partial charge in [0.2, 0.25) is 0 Å². The van der Waals surface area contributed by atoms with E-state index >= 15 is 0 Å². The van der Waals surface area contributed by atoms with Crippen molar-refractivity contribution in [1.29, 1.82) is 0 Å². The van der Waals surface area contributed by atoms with Gasteiger partial charge in [-0.3, -0.25) is 0 Å². The fourth-order valence-corrected chi connectivity index (χ4v) is 4.48. The smallest absolute Gasteiger partial charge is 0.433 e. The predicted molar refractivity (Wildman–Crippen MR) is 92.1 cm³/mol. The van der Waals surface area contributed by atoms with Gasteiger partial charge >= 0.3 is 12.2 Å². The van der Waals surface area contributed by atoms with Crippen molar-refractivity contribution < 1.29 is 26.3 Å².